The minimum Gasteiger partial charge on any atom is -0.212 e. The Hall–Kier alpha value is -6.53. The highest BCUT2D eigenvalue weighted by atomic mass is 15.4. The molecule has 6 heteroatoms. The fourth-order valence-corrected chi connectivity index (χ4v) is 6.40. The van der Waals surface area contributed by atoms with Crippen molar-refractivity contribution in [3.05, 3.63) is 158 Å². The molecule has 0 amide bonds. The Labute approximate surface area is 270 Å². The van der Waals surface area contributed by atoms with Crippen molar-refractivity contribution >= 4 is 32.6 Å². The van der Waals surface area contributed by atoms with Crippen LogP contribution in [0.3, 0.4) is 0 Å². The van der Waals surface area contributed by atoms with Gasteiger partial charge in [-0.15, -0.1) is 5.10 Å². The molecule has 9 rings (SSSR count). The zero-order chi connectivity index (χ0) is 31.2. The van der Waals surface area contributed by atoms with E-state index in [0.29, 0.717) is 17.5 Å². The summed E-state index contributed by atoms with van der Waals surface area (Å²) < 4.78 is 1.97. The van der Waals surface area contributed by atoms with E-state index >= 15 is 0 Å². The van der Waals surface area contributed by atoms with Gasteiger partial charge in [0.15, 0.2) is 17.5 Å². The van der Waals surface area contributed by atoms with Gasteiger partial charge in [-0.2, -0.15) is 0 Å². The Morgan fingerprint density at radius 2 is 0.787 bits per heavy atom. The molecule has 0 saturated carbocycles. The molecular formula is C41H26N6. The summed E-state index contributed by atoms with van der Waals surface area (Å²) in [6.07, 6.45) is 0. The van der Waals surface area contributed by atoms with Crippen molar-refractivity contribution < 1.29 is 0 Å². The molecule has 0 atom stereocenters. The molecule has 0 saturated heterocycles. The zero-order valence-electron chi connectivity index (χ0n) is 25.2. The van der Waals surface area contributed by atoms with Gasteiger partial charge in [-0.25, -0.2) is 19.6 Å². The quantitative estimate of drug-likeness (QED) is 0.184. The molecule has 0 aliphatic heterocycles. The van der Waals surface area contributed by atoms with Gasteiger partial charge in [-0.3, -0.25) is 0 Å². The van der Waals surface area contributed by atoms with Crippen LogP contribution >= 0.6 is 0 Å². The van der Waals surface area contributed by atoms with Crippen molar-refractivity contribution in [2.75, 3.05) is 0 Å². The summed E-state index contributed by atoms with van der Waals surface area (Å²) in [5.74, 6) is 1.92. The van der Waals surface area contributed by atoms with E-state index in [2.05, 4.69) is 89.2 Å². The van der Waals surface area contributed by atoms with Crippen molar-refractivity contribution in [1.82, 2.24) is 29.9 Å². The molecule has 0 unspecified atom stereocenters. The topological polar surface area (TPSA) is 69.4 Å². The molecule has 0 fully saturated rings. The summed E-state index contributed by atoms with van der Waals surface area (Å²) in [5, 5.41) is 13.6. The maximum Gasteiger partial charge on any atom is 0.164 e. The first-order valence-electron chi connectivity index (χ1n) is 15.5. The van der Waals surface area contributed by atoms with Crippen molar-refractivity contribution in [3.8, 4) is 51.0 Å². The van der Waals surface area contributed by atoms with Crippen LogP contribution < -0.4 is 0 Å². The molecule has 9 aromatic rings. The molecule has 47 heavy (non-hydrogen) atoms. The second-order valence-electron chi connectivity index (χ2n) is 11.4. The lowest BCUT2D eigenvalue weighted by atomic mass is 9.90. The van der Waals surface area contributed by atoms with Gasteiger partial charge in [0.1, 0.15) is 5.52 Å². The number of benzene rings is 7. The van der Waals surface area contributed by atoms with Crippen LogP contribution in [0.15, 0.2) is 158 Å². The van der Waals surface area contributed by atoms with Crippen LogP contribution in [0.5, 0.6) is 0 Å². The number of para-hydroxylation sites is 1. The predicted octanol–water partition coefficient (Wildman–Crippen LogP) is 9.58. The molecule has 2 heterocycles. The molecule has 0 radical (unpaired) electrons. The van der Waals surface area contributed by atoms with Crippen LogP contribution in [0, 0.1) is 0 Å². The molecule has 220 valence electrons. The number of nitrogens with zero attached hydrogens (tertiary/aromatic N) is 6. The Morgan fingerprint density at radius 1 is 0.362 bits per heavy atom. The molecule has 0 aliphatic rings. The SMILES string of the molecule is c1ccc(-c2nc(-c3ccccc3)nc(-c3ccc(-c4c5ccccc5c(-n5nnc6ccccc65)c5ccccc45)cc3)n2)cc1. The van der Waals surface area contributed by atoms with Crippen molar-refractivity contribution in [3.63, 3.8) is 0 Å². The number of fused-ring (bicyclic) bond motifs is 3. The van der Waals surface area contributed by atoms with Crippen LogP contribution in [-0.2, 0) is 0 Å². The molecular weight excluding hydrogens is 576 g/mol. The van der Waals surface area contributed by atoms with E-state index in [1.165, 1.54) is 5.56 Å². The first-order chi connectivity index (χ1) is 23.3. The Balaban J connectivity index is 1.22. The normalized spacial score (nSPS) is 11.4. The smallest absolute Gasteiger partial charge is 0.164 e. The fraction of sp³-hybridized carbons (Fsp3) is 0. The van der Waals surface area contributed by atoms with Gasteiger partial charge in [0.05, 0.1) is 11.2 Å². The van der Waals surface area contributed by atoms with Crippen LogP contribution in [0.4, 0.5) is 0 Å². The first kappa shape index (κ1) is 26.8. The van der Waals surface area contributed by atoms with E-state index in [4.69, 9.17) is 15.0 Å². The molecule has 6 nitrogen and oxygen atoms in total. The minimum atomic E-state index is 0.632. The van der Waals surface area contributed by atoms with Gasteiger partial charge in [0.2, 0.25) is 0 Å². The minimum absolute atomic E-state index is 0.632. The number of hydrogen-bond donors (Lipinski definition) is 0. The Morgan fingerprint density at radius 3 is 1.34 bits per heavy atom. The first-order valence-corrected chi connectivity index (χ1v) is 15.5. The molecule has 7 aromatic carbocycles. The summed E-state index contributed by atoms with van der Waals surface area (Å²) in [5.41, 5.74) is 7.96. The third-order valence-electron chi connectivity index (χ3n) is 8.60. The molecule has 0 N–H and O–H groups in total. The van der Waals surface area contributed by atoms with Crippen molar-refractivity contribution in [2.45, 2.75) is 0 Å². The van der Waals surface area contributed by atoms with E-state index in [0.717, 1.165) is 60.5 Å². The highest BCUT2D eigenvalue weighted by molar-refractivity contribution is 6.18. The van der Waals surface area contributed by atoms with Crippen molar-refractivity contribution in [2.24, 2.45) is 0 Å². The van der Waals surface area contributed by atoms with E-state index in [-0.39, 0.29) is 0 Å². The third-order valence-corrected chi connectivity index (χ3v) is 8.60. The molecule has 2 aromatic heterocycles. The number of hydrogen-bond acceptors (Lipinski definition) is 5. The lowest BCUT2D eigenvalue weighted by Gasteiger charge is -2.17. The number of rotatable bonds is 5. The molecule has 0 bridgehead atoms. The fourth-order valence-electron chi connectivity index (χ4n) is 6.40. The van der Waals surface area contributed by atoms with Gasteiger partial charge in [-0.1, -0.05) is 151 Å². The lowest BCUT2D eigenvalue weighted by Crippen LogP contribution is -2.01. The molecule has 0 spiro atoms. The summed E-state index contributed by atoms with van der Waals surface area (Å²) in [6, 6.07) is 53.8. The summed E-state index contributed by atoms with van der Waals surface area (Å²) in [7, 11) is 0. The predicted molar refractivity (Wildman–Crippen MR) is 189 cm³/mol. The largest absolute Gasteiger partial charge is 0.212 e. The second kappa shape index (κ2) is 11.1. The van der Waals surface area contributed by atoms with E-state index in [9.17, 15) is 0 Å². The summed E-state index contributed by atoms with van der Waals surface area (Å²) >= 11 is 0. The average molecular weight is 603 g/mol. The van der Waals surface area contributed by atoms with Crippen molar-refractivity contribution in [1.29, 1.82) is 0 Å². The number of aromatic nitrogens is 6. The standard InChI is InChI=1S/C41H26N6/c1-3-13-28(14-4-1)39-42-40(29-15-5-2-6-16-29)44-41(43-39)30-25-23-27(24-26-30)37-31-17-7-9-19-33(31)38(34-20-10-8-18-32(34)37)47-36-22-12-11-21-35(36)45-46-47/h1-26H. The van der Waals surface area contributed by atoms with Crippen LogP contribution in [0.1, 0.15) is 0 Å². The van der Waals surface area contributed by atoms with Gasteiger partial charge >= 0.3 is 0 Å². The van der Waals surface area contributed by atoms with Gasteiger partial charge in [0, 0.05) is 27.5 Å². The Kier molecular flexibility index (Phi) is 6.35. The zero-order valence-corrected chi connectivity index (χ0v) is 25.2. The van der Waals surface area contributed by atoms with Gasteiger partial charge < -0.3 is 0 Å². The highest BCUT2D eigenvalue weighted by Crippen LogP contribution is 2.41. The summed E-state index contributed by atoms with van der Waals surface area (Å²) in [4.78, 5) is 14.7. The van der Waals surface area contributed by atoms with E-state index < -0.39 is 0 Å². The lowest BCUT2D eigenvalue weighted by molar-refractivity contribution is 0.833. The van der Waals surface area contributed by atoms with Gasteiger partial charge in [0.25, 0.3) is 0 Å². The Bertz CT molecular complexity index is 2440. The van der Waals surface area contributed by atoms with Gasteiger partial charge in [-0.05, 0) is 34.0 Å². The maximum absolute atomic E-state index is 4.93. The molecule has 0 aliphatic carbocycles. The van der Waals surface area contributed by atoms with Crippen LogP contribution in [0.25, 0.3) is 83.6 Å². The average Bonchev–Trinajstić information content (AvgIpc) is 3.58. The van der Waals surface area contributed by atoms with Crippen LogP contribution in [-0.4, -0.2) is 29.9 Å². The highest BCUT2D eigenvalue weighted by Gasteiger charge is 2.19. The summed E-state index contributed by atoms with van der Waals surface area (Å²) in [6.45, 7) is 0. The monoisotopic (exact) mass is 602 g/mol. The maximum atomic E-state index is 4.93. The third kappa shape index (κ3) is 4.62. The van der Waals surface area contributed by atoms with E-state index in [1.54, 1.807) is 0 Å². The van der Waals surface area contributed by atoms with E-state index in [1.807, 2.05) is 83.5 Å². The second-order valence-corrected chi connectivity index (χ2v) is 11.4. The van der Waals surface area contributed by atoms with Crippen LogP contribution in [0.2, 0.25) is 0 Å².